The predicted molar refractivity (Wildman–Crippen MR) is 97.2 cm³/mol. The van der Waals surface area contributed by atoms with Crippen LogP contribution in [0.5, 0.6) is 11.5 Å². The van der Waals surface area contributed by atoms with Crippen molar-refractivity contribution in [3.05, 3.63) is 53.6 Å². The number of hydrogen-bond donors (Lipinski definition) is 1. The van der Waals surface area contributed by atoms with Gasteiger partial charge in [0.2, 0.25) is 0 Å². The summed E-state index contributed by atoms with van der Waals surface area (Å²) in [7, 11) is 3.24. The molecular formula is C20H25NO3. The van der Waals surface area contributed by atoms with Gasteiger partial charge in [-0.15, -0.1) is 0 Å². The Bertz CT molecular complexity index is 696. The quantitative estimate of drug-likeness (QED) is 0.835. The van der Waals surface area contributed by atoms with Crippen molar-refractivity contribution in [1.29, 1.82) is 0 Å². The standard InChI is InChI=1S/C20H25NO3/c1-13(2)14(3)16-11-19(24-5)17(12-18(16)23-4)21-20(22)15-9-7-6-8-10-15/h6-14H,1-5H3,(H,21,22)/t14-/m1/s1. The molecule has 0 fully saturated rings. The van der Waals surface area contributed by atoms with E-state index < -0.39 is 0 Å². The van der Waals surface area contributed by atoms with Crippen LogP contribution in [0.25, 0.3) is 0 Å². The van der Waals surface area contributed by atoms with Crippen LogP contribution in [0.2, 0.25) is 0 Å². The van der Waals surface area contributed by atoms with Gasteiger partial charge in [0.25, 0.3) is 5.91 Å². The molecular weight excluding hydrogens is 302 g/mol. The molecule has 0 aliphatic carbocycles. The highest BCUT2D eigenvalue weighted by Crippen LogP contribution is 2.39. The first-order valence-corrected chi connectivity index (χ1v) is 8.10. The molecule has 2 aromatic rings. The van der Waals surface area contributed by atoms with Gasteiger partial charge in [-0.25, -0.2) is 0 Å². The average molecular weight is 327 g/mol. The Balaban J connectivity index is 2.38. The van der Waals surface area contributed by atoms with Crippen LogP contribution in [0.3, 0.4) is 0 Å². The third-order valence-electron chi connectivity index (χ3n) is 4.33. The molecule has 0 radical (unpaired) electrons. The van der Waals surface area contributed by atoms with Gasteiger partial charge in [-0.1, -0.05) is 39.0 Å². The number of nitrogens with one attached hydrogen (secondary N) is 1. The van der Waals surface area contributed by atoms with Gasteiger partial charge < -0.3 is 14.8 Å². The van der Waals surface area contributed by atoms with E-state index in [1.807, 2.05) is 30.3 Å². The second kappa shape index (κ2) is 7.86. The summed E-state index contributed by atoms with van der Waals surface area (Å²) < 4.78 is 11.0. The van der Waals surface area contributed by atoms with E-state index >= 15 is 0 Å². The Labute approximate surface area is 143 Å². The summed E-state index contributed by atoms with van der Waals surface area (Å²) in [6, 6.07) is 12.9. The summed E-state index contributed by atoms with van der Waals surface area (Å²) in [6.45, 7) is 6.49. The number of methoxy groups -OCH3 is 2. The molecule has 4 heteroatoms. The first-order chi connectivity index (χ1) is 11.5. The number of amides is 1. The predicted octanol–water partition coefficient (Wildman–Crippen LogP) is 4.72. The number of anilines is 1. The van der Waals surface area contributed by atoms with Crippen LogP contribution in [-0.4, -0.2) is 20.1 Å². The summed E-state index contributed by atoms with van der Waals surface area (Å²) >= 11 is 0. The summed E-state index contributed by atoms with van der Waals surface area (Å²) in [5.74, 6) is 1.98. The number of ether oxygens (including phenoxy) is 2. The molecule has 1 N–H and O–H groups in total. The highest BCUT2D eigenvalue weighted by atomic mass is 16.5. The van der Waals surface area contributed by atoms with Crippen molar-refractivity contribution in [2.24, 2.45) is 5.92 Å². The maximum atomic E-state index is 12.4. The Morgan fingerprint density at radius 1 is 0.958 bits per heavy atom. The van der Waals surface area contributed by atoms with E-state index in [4.69, 9.17) is 9.47 Å². The van der Waals surface area contributed by atoms with Crippen molar-refractivity contribution in [2.75, 3.05) is 19.5 Å². The zero-order valence-corrected chi connectivity index (χ0v) is 14.9. The minimum absolute atomic E-state index is 0.180. The van der Waals surface area contributed by atoms with Crippen LogP contribution in [0.1, 0.15) is 42.6 Å². The fraction of sp³-hybridized carbons (Fsp3) is 0.350. The lowest BCUT2D eigenvalue weighted by molar-refractivity contribution is 0.102. The van der Waals surface area contributed by atoms with E-state index in [1.54, 1.807) is 26.4 Å². The SMILES string of the molecule is COc1cc([C@H](C)C(C)C)c(OC)cc1NC(=O)c1ccccc1. The van der Waals surface area contributed by atoms with Crippen molar-refractivity contribution in [3.63, 3.8) is 0 Å². The maximum Gasteiger partial charge on any atom is 0.255 e. The maximum absolute atomic E-state index is 12.4. The van der Waals surface area contributed by atoms with Crippen molar-refractivity contribution in [1.82, 2.24) is 0 Å². The molecule has 4 nitrogen and oxygen atoms in total. The van der Waals surface area contributed by atoms with Gasteiger partial charge in [-0.05, 0) is 30.0 Å². The normalized spacial score (nSPS) is 11.9. The molecule has 1 amide bonds. The van der Waals surface area contributed by atoms with Crippen LogP contribution in [0.15, 0.2) is 42.5 Å². The molecule has 0 saturated carbocycles. The lowest BCUT2D eigenvalue weighted by Gasteiger charge is -2.21. The van der Waals surface area contributed by atoms with E-state index in [1.165, 1.54) is 0 Å². The van der Waals surface area contributed by atoms with Crippen LogP contribution < -0.4 is 14.8 Å². The van der Waals surface area contributed by atoms with Crippen molar-refractivity contribution >= 4 is 11.6 Å². The Hall–Kier alpha value is -2.49. The number of benzene rings is 2. The van der Waals surface area contributed by atoms with E-state index in [-0.39, 0.29) is 5.91 Å². The molecule has 0 spiro atoms. The average Bonchev–Trinajstić information content (AvgIpc) is 2.61. The molecule has 1 atom stereocenters. The number of carbonyl (C=O) groups excluding carboxylic acids is 1. The van der Waals surface area contributed by atoms with Crippen LogP contribution in [0, 0.1) is 5.92 Å². The molecule has 128 valence electrons. The molecule has 0 aliphatic rings. The van der Waals surface area contributed by atoms with Crippen molar-refractivity contribution < 1.29 is 14.3 Å². The molecule has 0 aromatic heterocycles. The zero-order valence-electron chi connectivity index (χ0n) is 14.9. The van der Waals surface area contributed by atoms with Gasteiger partial charge in [-0.2, -0.15) is 0 Å². The van der Waals surface area contributed by atoms with Gasteiger partial charge >= 0.3 is 0 Å². The lowest BCUT2D eigenvalue weighted by atomic mass is 9.89. The van der Waals surface area contributed by atoms with Gasteiger partial charge in [-0.3, -0.25) is 4.79 Å². The third-order valence-corrected chi connectivity index (χ3v) is 4.33. The van der Waals surface area contributed by atoms with Crippen molar-refractivity contribution in [2.45, 2.75) is 26.7 Å². The van der Waals surface area contributed by atoms with Crippen LogP contribution >= 0.6 is 0 Å². The Morgan fingerprint density at radius 2 is 1.58 bits per heavy atom. The molecule has 0 saturated heterocycles. The van der Waals surface area contributed by atoms with Gasteiger partial charge in [0, 0.05) is 17.2 Å². The number of rotatable bonds is 6. The van der Waals surface area contributed by atoms with Crippen LogP contribution in [0.4, 0.5) is 5.69 Å². The molecule has 2 aromatic carbocycles. The second-order valence-corrected chi connectivity index (χ2v) is 6.15. The summed E-state index contributed by atoms with van der Waals surface area (Å²) in [5, 5.41) is 2.90. The summed E-state index contributed by atoms with van der Waals surface area (Å²) in [6.07, 6.45) is 0. The second-order valence-electron chi connectivity index (χ2n) is 6.15. The molecule has 2 rings (SSSR count). The van der Waals surface area contributed by atoms with E-state index in [2.05, 4.69) is 26.1 Å². The van der Waals surface area contributed by atoms with Gasteiger partial charge in [0.1, 0.15) is 11.5 Å². The number of hydrogen-bond acceptors (Lipinski definition) is 3. The van der Waals surface area contributed by atoms with Gasteiger partial charge in [0.15, 0.2) is 0 Å². The fourth-order valence-electron chi connectivity index (χ4n) is 2.52. The van der Waals surface area contributed by atoms with Crippen LogP contribution in [-0.2, 0) is 0 Å². The highest BCUT2D eigenvalue weighted by Gasteiger charge is 2.19. The molecule has 0 aliphatic heterocycles. The monoisotopic (exact) mass is 327 g/mol. The molecule has 0 unspecified atom stereocenters. The molecule has 0 heterocycles. The zero-order chi connectivity index (χ0) is 17.7. The summed E-state index contributed by atoms with van der Waals surface area (Å²) in [4.78, 5) is 12.4. The Morgan fingerprint density at radius 3 is 2.12 bits per heavy atom. The minimum Gasteiger partial charge on any atom is -0.496 e. The largest absolute Gasteiger partial charge is 0.496 e. The third kappa shape index (κ3) is 3.88. The molecule has 24 heavy (non-hydrogen) atoms. The molecule has 0 bridgehead atoms. The Kier molecular flexibility index (Phi) is 5.85. The summed E-state index contributed by atoms with van der Waals surface area (Å²) in [5.41, 5.74) is 2.27. The first kappa shape index (κ1) is 17.9. The lowest BCUT2D eigenvalue weighted by Crippen LogP contribution is -2.13. The van der Waals surface area contributed by atoms with E-state index in [9.17, 15) is 4.79 Å². The van der Waals surface area contributed by atoms with Crippen molar-refractivity contribution in [3.8, 4) is 11.5 Å². The fourth-order valence-corrected chi connectivity index (χ4v) is 2.52. The van der Waals surface area contributed by atoms with Gasteiger partial charge in [0.05, 0.1) is 19.9 Å². The van der Waals surface area contributed by atoms with E-state index in [0.717, 1.165) is 11.3 Å². The minimum atomic E-state index is -0.180. The topological polar surface area (TPSA) is 47.6 Å². The highest BCUT2D eigenvalue weighted by molar-refractivity contribution is 6.05. The first-order valence-electron chi connectivity index (χ1n) is 8.10. The number of carbonyl (C=O) groups is 1. The van der Waals surface area contributed by atoms with E-state index in [0.29, 0.717) is 28.8 Å². The smallest absolute Gasteiger partial charge is 0.255 e.